The van der Waals surface area contributed by atoms with Gasteiger partial charge in [-0.1, -0.05) is 20.3 Å². The first-order chi connectivity index (χ1) is 8.19. The third-order valence-electron chi connectivity index (χ3n) is 5.43. The van der Waals surface area contributed by atoms with Crippen LogP contribution in [0.15, 0.2) is 0 Å². The molecule has 17 heavy (non-hydrogen) atoms. The average Bonchev–Trinajstić information content (AvgIpc) is 2.76. The van der Waals surface area contributed by atoms with Crippen LogP contribution in [0.25, 0.3) is 0 Å². The summed E-state index contributed by atoms with van der Waals surface area (Å²) in [6, 6.07) is 0. The van der Waals surface area contributed by atoms with Gasteiger partial charge in [-0.3, -0.25) is 5.32 Å². The van der Waals surface area contributed by atoms with Crippen molar-refractivity contribution in [3.63, 3.8) is 0 Å². The fourth-order valence-corrected chi connectivity index (χ4v) is 4.11. The molecule has 2 nitrogen and oxygen atoms in total. The van der Waals surface area contributed by atoms with E-state index in [-0.39, 0.29) is 5.72 Å². The monoisotopic (exact) mass is 237 g/mol. The fraction of sp³-hybridized carbons (Fsp3) is 1.00. The molecule has 1 heterocycles. The lowest BCUT2D eigenvalue weighted by Crippen LogP contribution is -2.58. The fourth-order valence-electron chi connectivity index (χ4n) is 4.11. The van der Waals surface area contributed by atoms with E-state index in [2.05, 4.69) is 19.2 Å². The number of ether oxygens (including phenoxy) is 1. The van der Waals surface area contributed by atoms with Gasteiger partial charge in [-0.25, -0.2) is 0 Å². The quantitative estimate of drug-likeness (QED) is 0.755. The van der Waals surface area contributed by atoms with Crippen LogP contribution in [-0.2, 0) is 4.74 Å². The van der Waals surface area contributed by atoms with Crippen LogP contribution in [0.1, 0.15) is 58.8 Å². The van der Waals surface area contributed by atoms with Crippen LogP contribution < -0.4 is 5.32 Å². The van der Waals surface area contributed by atoms with Gasteiger partial charge in [0.15, 0.2) is 0 Å². The van der Waals surface area contributed by atoms with Gasteiger partial charge >= 0.3 is 0 Å². The SMILES string of the molecule is CC(C)C1CCC2(CC1)NCC1CCCC1O2. The van der Waals surface area contributed by atoms with E-state index < -0.39 is 0 Å². The van der Waals surface area contributed by atoms with Crippen LogP contribution >= 0.6 is 0 Å². The second-order valence-corrected chi connectivity index (χ2v) is 6.80. The highest BCUT2D eigenvalue weighted by Gasteiger charge is 2.45. The number of nitrogens with one attached hydrogen (secondary N) is 1. The molecule has 3 aliphatic rings. The highest BCUT2D eigenvalue weighted by atomic mass is 16.5. The summed E-state index contributed by atoms with van der Waals surface area (Å²) in [5.74, 6) is 2.57. The van der Waals surface area contributed by atoms with E-state index in [1.54, 1.807) is 0 Å². The van der Waals surface area contributed by atoms with Gasteiger partial charge in [0.05, 0.1) is 6.10 Å². The Hall–Kier alpha value is -0.0800. The van der Waals surface area contributed by atoms with Gasteiger partial charge in [0.1, 0.15) is 5.72 Å². The molecule has 2 atom stereocenters. The highest BCUT2D eigenvalue weighted by Crippen LogP contribution is 2.42. The van der Waals surface area contributed by atoms with Crippen LogP contribution in [0.3, 0.4) is 0 Å². The zero-order valence-electron chi connectivity index (χ0n) is 11.4. The van der Waals surface area contributed by atoms with Gasteiger partial charge in [0.25, 0.3) is 0 Å². The maximum atomic E-state index is 6.46. The summed E-state index contributed by atoms with van der Waals surface area (Å²) >= 11 is 0. The van der Waals surface area contributed by atoms with E-state index in [9.17, 15) is 0 Å². The number of hydrogen-bond donors (Lipinski definition) is 1. The van der Waals surface area contributed by atoms with Gasteiger partial charge in [0, 0.05) is 6.54 Å². The molecule has 3 rings (SSSR count). The summed E-state index contributed by atoms with van der Waals surface area (Å²) in [4.78, 5) is 0. The standard InChI is InChI=1S/C15H27NO/c1-11(2)12-6-8-15(9-7-12)16-10-13-4-3-5-14(13)17-15/h11-14,16H,3-10H2,1-2H3. The number of fused-ring (bicyclic) bond motifs is 1. The molecule has 1 spiro atoms. The molecular formula is C15H27NO. The lowest BCUT2D eigenvalue weighted by molar-refractivity contribution is -0.178. The Morgan fingerprint density at radius 2 is 1.88 bits per heavy atom. The zero-order chi connectivity index (χ0) is 11.9. The molecule has 98 valence electrons. The molecule has 1 aliphatic heterocycles. The van der Waals surface area contributed by atoms with Crippen molar-refractivity contribution in [1.29, 1.82) is 0 Å². The smallest absolute Gasteiger partial charge is 0.119 e. The van der Waals surface area contributed by atoms with Gasteiger partial charge in [-0.2, -0.15) is 0 Å². The van der Waals surface area contributed by atoms with Crippen LogP contribution in [0.4, 0.5) is 0 Å². The zero-order valence-corrected chi connectivity index (χ0v) is 11.4. The van der Waals surface area contributed by atoms with Crippen molar-refractivity contribution >= 4 is 0 Å². The van der Waals surface area contributed by atoms with Gasteiger partial charge in [0.2, 0.25) is 0 Å². The molecule has 0 aromatic rings. The third-order valence-corrected chi connectivity index (χ3v) is 5.43. The van der Waals surface area contributed by atoms with Crippen LogP contribution in [0, 0.1) is 17.8 Å². The van der Waals surface area contributed by atoms with Crippen molar-refractivity contribution in [2.75, 3.05) is 6.54 Å². The molecular weight excluding hydrogens is 210 g/mol. The minimum atomic E-state index is 0.0664. The summed E-state index contributed by atoms with van der Waals surface area (Å²) in [6.07, 6.45) is 9.81. The van der Waals surface area contributed by atoms with Crippen molar-refractivity contribution in [2.24, 2.45) is 17.8 Å². The summed E-state index contributed by atoms with van der Waals surface area (Å²) < 4.78 is 6.46. The van der Waals surface area contributed by atoms with E-state index in [0.717, 1.165) is 17.8 Å². The Bertz CT molecular complexity index is 268. The summed E-state index contributed by atoms with van der Waals surface area (Å²) in [5.41, 5.74) is 0.0664. The Morgan fingerprint density at radius 3 is 2.59 bits per heavy atom. The van der Waals surface area contributed by atoms with Crippen molar-refractivity contribution in [2.45, 2.75) is 70.6 Å². The van der Waals surface area contributed by atoms with Gasteiger partial charge in [-0.15, -0.1) is 0 Å². The van der Waals surface area contributed by atoms with Crippen LogP contribution in [0.5, 0.6) is 0 Å². The molecule has 3 fully saturated rings. The Kier molecular flexibility index (Phi) is 3.20. The predicted molar refractivity (Wildman–Crippen MR) is 69.7 cm³/mol. The minimum absolute atomic E-state index is 0.0664. The number of rotatable bonds is 1. The molecule has 2 unspecified atom stereocenters. The van der Waals surface area contributed by atoms with Crippen molar-refractivity contribution in [3.05, 3.63) is 0 Å². The summed E-state index contributed by atoms with van der Waals surface area (Å²) in [6.45, 7) is 5.94. The number of hydrogen-bond acceptors (Lipinski definition) is 2. The maximum Gasteiger partial charge on any atom is 0.119 e. The highest BCUT2D eigenvalue weighted by molar-refractivity contribution is 4.94. The second kappa shape index (κ2) is 4.55. The summed E-state index contributed by atoms with van der Waals surface area (Å²) in [7, 11) is 0. The van der Waals surface area contributed by atoms with E-state index in [1.165, 1.54) is 51.5 Å². The van der Waals surface area contributed by atoms with E-state index in [4.69, 9.17) is 4.74 Å². The largest absolute Gasteiger partial charge is 0.357 e. The average molecular weight is 237 g/mol. The predicted octanol–water partition coefficient (Wildman–Crippen LogP) is 3.32. The third kappa shape index (κ3) is 2.26. The molecule has 0 amide bonds. The second-order valence-electron chi connectivity index (χ2n) is 6.80. The van der Waals surface area contributed by atoms with E-state index in [1.807, 2.05) is 0 Å². The molecule has 0 bridgehead atoms. The maximum absolute atomic E-state index is 6.46. The lowest BCUT2D eigenvalue weighted by Gasteiger charge is -2.48. The molecule has 0 aromatic heterocycles. The van der Waals surface area contributed by atoms with Crippen molar-refractivity contribution in [1.82, 2.24) is 5.32 Å². The summed E-state index contributed by atoms with van der Waals surface area (Å²) in [5, 5.41) is 3.74. The molecule has 2 aliphatic carbocycles. The molecule has 2 saturated carbocycles. The van der Waals surface area contributed by atoms with Crippen molar-refractivity contribution < 1.29 is 4.74 Å². The van der Waals surface area contributed by atoms with Crippen LogP contribution in [0.2, 0.25) is 0 Å². The van der Waals surface area contributed by atoms with Crippen molar-refractivity contribution in [3.8, 4) is 0 Å². The molecule has 0 radical (unpaired) electrons. The molecule has 0 aromatic carbocycles. The van der Waals surface area contributed by atoms with E-state index in [0.29, 0.717) is 6.10 Å². The molecule has 1 saturated heterocycles. The normalized spacial score (nSPS) is 46.4. The first-order valence-corrected chi connectivity index (χ1v) is 7.61. The first kappa shape index (κ1) is 12.0. The lowest BCUT2D eigenvalue weighted by atomic mass is 9.77. The Balaban J connectivity index is 1.61. The Labute approximate surface area is 105 Å². The molecule has 1 N–H and O–H groups in total. The molecule has 2 heteroatoms. The van der Waals surface area contributed by atoms with Crippen LogP contribution in [-0.4, -0.2) is 18.4 Å². The minimum Gasteiger partial charge on any atom is -0.357 e. The van der Waals surface area contributed by atoms with Gasteiger partial charge in [-0.05, 0) is 56.3 Å². The Morgan fingerprint density at radius 1 is 1.12 bits per heavy atom. The topological polar surface area (TPSA) is 21.3 Å². The van der Waals surface area contributed by atoms with Gasteiger partial charge < -0.3 is 4.74 Å². The van der Waals surface area contributed by atoms with E-state index >= 15 is 0 Å². The first-order valence-electron chi connectivity index (χ1n) is 7.61.